The topological polar surface area (TPSA) is 55.0 Å². The summed E-state index contributed by atoms with van der Waals surface area (Å²) in [6, 6.07) is 11.3. The highest BCUT2D eigenvalue weighted by Gasteiger charge is 2.00. The molecule has 0 atom stereocenters. The molecule has 0 aliphatic carbocycles. The van der Waals surface area contributed by atoms with Crippen molar-refractivity contribution in [3.63, 3.8) is 0 Å². The minimum Gasteiger partial charge on any atom is -0.472 e. The van der Waals surface area contributed by atoms with E-state index in [4.69, 9.17) is 4.74 Å². The van der Waals surface area contributed by atoms with Crippen molar-refractivity contribution >= 4 is 6.29 Å². The Balaban J connectivity index is 1.96. The maximum absolute atomic E-state index is 10.4. The number of carbonyl (C=O) groups excluding carboxylic acids is 1. The van der Waals surface area contributed by atoms with Crippen molar-refractivity contribution in [2.24, 2.45) is 0 Å². The van der Waals surface area contributed by atoms with Crippen molar-refractivity contribution in [1.29, 1.82) is 0 Å². The number of hydrogen-bond donors (Lipinski definition) is 1. The molecule has 1 heterocycles. The van der Waals surface area contributed by atoms with E-state index >= 15 is 0 Å². The number of aldehydes is 1. The van der Waals surface area contributed by atoms with Gasteiger partial charge < -0.3 is 4.74 Å². The fourth-order valence-electron chi connectivity index (χ4n) is 1.18. The van der Waals surface area contributed by atoms with Gasteiger partial charge in [0.1, 0.15) is 12.3 Å². The average Bonchev–Trinajstić information content (AvgIpc) is 2.76. The van der Waals surface area contributed by atoms with Crippen molar-refractivity contribution in [2.45, 2.75) is 6.61 Å². The molecule has 76 valence electrons. The van der Waals surface area contributed by atoms with Crippen molar-refractivity contribution in [3.05, 3.63) is 47.7 Å². The predicted octanol–water partition coefficient (Wildman–Crippen LogP) is 1.80. The number of ether oxygens (including phenoxy) is 1. The summed E-state index contributed by atoms with van der Waals surface area (Å²) in [4.78, 5) is 10.4. The van der Waals surface area contributed by atoms with E-state index in [9.17, 15) is 4.79 Å². The molecular formula is C11H10N2O2. The van der Waals surface area contributed by atoms with E-state index < -0.39 is 0 Å². The number of hydrogen-bond acceptors (Lipinski definition) is 3. The molecule has 2 aromatic rings. The highest BCUT2D eigenvalue weighted by Crippen LogP contribution is 2.09. The zero-order valence-corrected chi connectivity index (χ0v) is 8.01. The summed E-state index contributed by atoms with van der Waals surface area (Å²) in [5.41, 5.74) is 1.48. The molecule has 0 spiro atoms. The van der Waals surface area contributed by atoms with Gasteiger partial charge in [0.15, 0.2) is 6.29 Å². The van der Waals surface area contributed by atoms with Gasteiger partial charge in [0.2, 0.25) is 5.88 Å². The first-order valence-electron chi connectivity index (χ1n) is 4.56. The summed E-state index contributed by atoms with van der Waals surface area (Å²) in [5, 5.41) is 6.37. The van der Waals surface area contributed by atoms with Crippen molar-refractivity contribution in [2.75, 3.05) is 0 Å². The molecule has 0 aliphatic rings. The van der Waals surface area contributed by atoms with Gasteiger partial charge >= 0.3 is 0 Å². The first-order valence-corrected chi connectivity index (χ1v) is 4.56. The van der Waals surface area contributed by atoms with Crippen LogP contribution in [0.5, 0.6) is 5.88 Å². The van der Waals surface area contributed by atoms with Crippen LogP contribution in [0.15, 0.2) is 36.4 Å². The SMILES string of the molecule is O=Cc1cc(OCc2ccccc2)n[nH]1. The van der Waals surface area contributed by atoms with Gasteiger partial charge in [0.25, 0.3) is 0 Å². The summed E-state index contributed by atoms with van der Waals surface area (Å²) < 4.78 is 5.37. The van der Waals surface area contributed by atoms with E-state index in [0.717, 1.165) is 5.56 Å². The molecule has 0 saturated heterocycles. The number of nitrogens with zero attached hydrogens (tertiary/aromatic N) is 1. The third-order valence-corrected chi connectivity index (χ3v) is 1.93. The van der Waals surface area contributed by atoms with E-state index in [1.165, 1.54) is 0 Å². The van der Waals surface area contributed by atoms with Crippen LogP contribution in [0.25, 0.3) is 0 Å². The van der Waals surface area contributed by atoms with Crippen molar-refractivity contribution in [3.8, 4) is 5.88 Å². The summed E-state index contributed by atoms with van der Waals surface area (Å²) in [7, 11) is 0. The summed E-state index contributed by atoms with van der Waals surface area (Å²) in [6.07, 6.45) is 0.697. The molecule has 4 nitrogen and oxygen atoms in total. The monoisotopic (exact) mass is 202 g/mol. The van der Waals surface area contributed by atoms with Gasteiger partial charge in [-0.2, -0.15) is 0 Å². The second-order valence-electron chi connectivity index (χ2n) is 3.05. The zero-order chi connectivity index (χ0) is 10.5. The van der Waals surface area contributed by atoms with E-state index in [1.807, 2.05) is 30.3 Å². The number of carbonyl (C=O) groups is 1. The highest BCUT2D eigenvalue weighted by molar-refractivity contribution is 5.71. The lowest BCUT2D eigenvalue weighted by Gasteiger charge is -2.01. The van der Waals surface area contributed by atoms with Crippen LogP contribution in [0, 0.1) is 0 Å². The number of rotatable bonds is 4. The minimum atomic E-state index is 0.415. The molecule has 0 amide bonds. The molecule has 0 saturated carbocycles. The second-order valence-corrected chi connectivity index (χ2v) is 3.05. The lowest BCUT2D eigenvalue weighted by Crippen LogP contribution is -1.94. The first-order chi connectivity index (χ1) is 7.38. The lowest BCUT2D eigenvalue weighted by atomic mass is 10.2. The molecule has 0 aliphatic heterocycles. The molecule has 1 N–H and O–H groups in total. The van der Waals surface area contributed by atoms with Gasteiger partial charge in [-0.25, -0.2) is 0 Å². The maximum Gasteiger partial charge on any atom is 0.233 e. The van der Waals surface area contributed by atoms with Crippen LogP contribution in [-0.2, 0) is 6.61 Å². The second kappa shape index (κ2) is 4.41. The Bertz CT molecular complexity index is 437. The molecular weight excluding hydrogens is 192 g/mol. The molecule has 1 aromatic carbocycles. The average molecular weight is 202 g/mol. The van der Waals surface area contributed by atoms with Gasteiger partial charge in [-0.05, 0) is 5.56 Å². The summed E-state index contributed by atoms with van der Waals surface area (Å²) >= 11 is 0. The molecule has 1 aromatic heterocycles. The number of benzene rings is 1. The van der Waals surface area contributed by atoms with Gasteiger partial charge in [0, 0.05) is 6.07 Å². The minimum absolute atomic E-state index is 0.415. The molecule has 2 rings (SSSR count). The predicted molar refractivity (Wildman–Crippen MR) is 54.7 cm³/mol. The smallest absolute Gasteiger partial charge is 0.233 e. The van der Waals surface area contributed by atoms with Gasteiger partial charge in [-0.3, -0.25) is 9.89 Å². The Morgan fingerprint density at radius 2 is 2.13 bits per heavy atom. The Kier molecular flexibility index (Phi) is 2.78. The number of aromatic nitrogens is 2. The Morgan fingerprint density at radius 3 is 2.80 bits per heavy atom. The van der Waals surface area contributed by atoms with Crippen LogP contribution in [0.1, 0.15) is 16.1 Å². The lowest BCUT2D eigenvalue weighted by molar-refractivity contribution is 0.111. The van der Waals surface area contributed by atoms with Crippen LogP contribution in [-0.4, -0.2) is 16.5 Å². The molecule has 0 radical (unpaired) electrons. The zero-order valence-electron chi connectivity index (χ0n) is 8.01. The molecule has 0 unspecified atom stereocenters. The number of nitrogens with one attached hydrogen (secondary N) is 1. The van der Waals surface area contributed by atoms with E-state index in [1.54, 1.807) is 6.07 Å². The Labute approximate surface area is 86.9 Å². The van der Waals surface area contributed by atoms with Crippen molar-refractivity contribution in [1.82, 2.24) is 10.2 Å². The van der Waals surface area contributed by atoms with Crippen LogP contribution >= 0.6 is 0 Å². The van der Waals surface area contributed by atoms with E-state index in [-0.39, 0.29) is 0 Å². The third-order valence-electron chi connectivity index (χ3n) is 1.93. The molecule has 0 fully saturated rings. The van der Waals surface area contributed by atoms with E-state index in [0.29, 0.717) is 24.5 Å². The highest BCUT2D eigenvalue weighted by atomic mass is 16.5. The largest absolute Gasteiger partial charge is 0.472 e. The quantitative estimate of drug-likeness (QED) is 0.769. The Morgan fingerprint density at radius 1 is 1.33 bits per heavy atom. The van der Waals surface area contributed by atoms with Crippen LogP contribution in [0.4, 0.5) is 0 Å². The van der Waals surface area contributed by atoms with Gasteiger partial charge in [-0.15, -0.1) is 5.10 Å². The van der Waals surface area contributed by atoms with E-state index in [2.05, 4.69) is 10.2 Å². The molecule has 0 bridgehead atoms. The number of H-pyrrole nitrogens is 1. The molecule has 4 heteroatoms. The molecule has 15 heavy (non-hydrogen) atoms. The summed E-state index contributed by atoms with van der Waals surface area (Å²) in [5.74, 6) is 0.431. The van der Waals surface area contributed by atoms with Crippen LogP contribution in [0.2, 0.25) is 0 Å². The standard InChI is InChI=1S/C11H10N2O2/c14-7-10-6-11(13-12-10)15-8-9-4-2-1-3-5-9/h1-7H,8H2,(H,12,13). The van der Waals surface area contributed by atoms with Crippen LogP contribution in [0.3, 0.4) is 0 Å². The first kappa shape index (κ1) is 9.45. The fraction of sp³-hybridized carbons (Fsp3) is 0.0909. The summed E-state index contributed by atoms with van der Waals surface area (Å²) in [6.45, 7) is 0.448. The third kappa shape index (κ3) is 2.43. The normalized spacial score (nSPS) is 9.87. The van der Waals surface area contributed by atoms with Gasteiger partial charge in [0.05, 0.1) is 0 Å². The van der Waals surface area contributed by atoms with Gasteiger partial charge in [-0.1, -0.05) is 30.3 Å². The van der Waals surface area contributed by atoms with Crippen LogP contribution < -0.4 is 4.74 Å². The maximum atomic E-state index is 10.4. The van der Waals surface area contributed by atoms with Crippen molar-refractivity contribution < 1.29 is 9.53 Å². The Hall–Kier alpha value is -2.10. The number of aromatic amines is 1. The fourth-order valence-corrected chi connectivity index (χ4v) is 1.18.